The third-order valence-corrected chi connectivity index (χ3v) is 2.95. The van der Waals surface area contributed by atoms with Gasteiger partial charge in [0.25, 0.3) is 0 Å². The molecule has 0 radical (unpaired) electrons. The number of hydrogen-bond acceptors (Lipinski definition) is 3. The Morgan fingerprint density at radius 2 is 2.13 bits per heavy atom. The zero-order valence-corrected chi connectivity index (χ0v) is 10.3. The van der Waals surface area contributed by atoms with E-state index in [0.717, 1.165) is 21.4 Å². The number of hydrogen-bond donors (Lipinski definition) is 1. The van der Waals surface area contributed by atoms with E-state index in [1.54, 1.807) is 4.68 Å². The fraction of sp³-hybridized carbons (Fsp3) is 0.200. The minimum absolute atomic E-state index is 0.602. The second-order valence-corrected chi connectivity index (χ2v) is 4.31. The molecule has 0 bridgehead atoms. The van der Waals surface area contributed by atoms with E-state index >= 15 is 0 Å². The molecule has 15 heavy (non-hydrogen) atoms. The predicted molar refractivity (Wildman–Crippen MR) is 66.8 cm³/mol. The first kappa shape index (κ1) is 10.6. The summed E-state index contributed by atoms with van der Waals surface area (Å²) in [6.45, 7) is 0.602. The number of halogens is 1. The van der Waals surface area contributed by atoms with E-state index in [0.29, 0.717) is 6.54 Å². The van der Waals surface area contributed by atoms with Gasteiger partial charge in [-0.05, 0) is 41.3 Å². The summed E-state index contributed by atoms with van der Waals surface area (Å²) in [5.74, 6) is 0. The molecule has 2 N–H and O–H groups in total. The van der Waals surface area contributed by atoms with Crippen LogP contribution in [0.2, 0.25) is 0 Å². The summed E-state index contributed by atoms with van der Waals surface area (Å²) in [5.41, 5.74) is 7.44. The molecule has 0 aliphatic rings. The highest BCUT2D eigenvalue weighted by atomic mass is 127. The predicted octanol–water partition coefficient (Wildman–Crippen LogP) is 1.37. The van der Waals surface area contributed by atoms with Crippen LogP contribution in [0.4, 0.5) is 0 Å². The highest BCUT2D eigenvalue weighted by Gasteiger charge is 2.04. The molecule has 0 aliphatic carbocycles. The summed E-state index contributed by atoms with van der Waals surface area (Å²) >= 11 is 2.28. The average Bonchev–Trinajstić information content (AvgIpc) is 2.68. The molecule has 0 spiro atoms. The molecule has 4 nitrogen and oxygen atoms in total. The molecule has 78 valence electrons. The van der Waals surface area contributed by atoms with Crippen LogP contribution in [0.3, 0.4) is 0 Å². The zero-order chi connectivity index (χ0) is 10.7. The molecule has 5 heteroatoms. The highest BCUT2D eigenvalue weighted by molar-refractivity contribution is 14.1. The van der Waals surface area contributed by atoms with Gasteiger partial charge < -0.3 is 5.73 Å². The maximum absolute atomic E-state index is 5.46. The Labute approximate surface area is 102 Å². The Morgan fingerprint density at radius 1 is 1.33 bits per heavy atom. The Balaban J connectivity index is 2.33. The minimum atomic E-state index is 0.602. The number of nitrogens with zero attached hydrogens (tertiary/aromatic N) is 3. The van der Waals surface area contributed by atoms with E-state index in [1.807, 2.05) is 30.5 Å². The Morgan fingerprint density at radius 3 is 2.87 bits per heavy atom. The number of rotatable bonds is 3. The second-order valence-electron chi connectivity index (χ2n) is 3.14. The van der Waals surface area contributed by atoms with Gasteiger partial charge in [0.2, 0.25) is 0 Å². The van der Waals surface area contributed by atoms with E-state index in [-0.39, 0.29) is 0 Å². The first-order valence-electron chi connectivity index (χ1n) is 4.67. The van der Waals surface area contributed by atoms with Crippen LogP contribution in [-0.2, 0) is 6.42 Å². The Bertz CT molecular complexity index is 452. The number of aromatic nitrogens is 3. The summed E-state index contributed by atoms with van der Waals surface area (Å²) < 4.78 is 2.94. The lowest BCUT2D eigenvalue weighted by Gasteiger charge is -2.01. The van der Waals surface area contributed by atoms with Crippen molar-refractivity contribution < 1.29 is 0 Å². The molecule has 0 amide bonds. The monoisotopic (exact) mass is 314 g/mol. The highest BCUT2D eigenvalue weighted by Crippen LogP contribution is 2.15. The van der Waals surface area contributed by atoms with Gasteiger partial charge in [-0.25, -0.2) is 4.68 Å². The summed E-state index contributed by atoms with van der Waals surface area (Å²) in [6, 6.07) is 8.05. The largest absolute Gasteiger partial charge is 0.330 e. The van der Waals surface area contributed by atoms with Gasteiger partial charge in [-0.2, -0.15) is 0 Å². The van der Waals surface area contributed by atoms with Crippen molar-refractivity contribution in [1.29, 1.82) is 0 Å². The molecular formula is C10H11IN4. The van der Waals surface area contributed by atoms with Gasteiger partial charge in [0.05, 0.1) is 17.6 Å². The van der Waals surface area contributed by atoms with Crippen LogP contribution in [0.1, 0.15) is 5.69 Å². The van der Waals surface area contributed by atoms with Gasteiger partial charge in [0.15, 0.2) is 0 Å². The molecule has 0 atom stereocenters. The Hall–Kier alpha value is -0.950. The van der Waals surface area contributed by atoms with Crippen molar-refractivity contribution in [2.75, 3.05) is 6.54 Å². The molecule has 1 heterocycles. The topological polar surface area (TPSA) is 56.7 Å². The summed E-state index contributed by atoms with van der Waals surface area (Å²) in [4.78, 5) is 0. The zero-order valence-electron chi connectivity index (χ0n) is 8.10. The molecule has 1 aromatic carbocycles. The maximum atomic E-state index is 5.46. The van der Waals surface area contributed by atoms with Crippen LogP contribution >= 0.6 is 22.6 Å². The van der Waals surface area contributed by atoms with E-state index in [9.17, 15) is 0 Å². The van der Waals surface area contributed by atoms with Gasteiger partial charge in [-0.15, -0.1) is 5.10 Å². The molecule has 0 unspecified atom stereocenters. The van der Waals surface area contributed by atoms with Crippen molar-refractivity contribution in [2.45, 2.75) is 6.42 Å². The van der Waals surface area contributed by atoms with Gasteiger partial charge in [-0.1, -0.05) is 17.3 Å². The van der Waals surface area contributed by atoms with Crippen molar-refractivity contribution in [1.82, 2.24) is 15.0 Å². The molecule has 1 aromatic heterocycles. The van der Waals surface area contributed by atoms with Crippen molar-refractivity contribution in [3.63, 3.8) is 0 Å². The third-order valence-electron chi connectivity index (χ3n) is 2.04. The van der Waals surface area contributed by atoms with Crippen LogP contribution in [0.5, 0.6) is 0 Å². The van der Waals surface area contributed by atoms with Crippen molar-refractivity contribution >= 4 is 22.6 Å². The van der Waals surface area contributed by atoms with E-state index in [1.165, 1.54) is 0 Å². The average molecular weight is 314 g/mol. The SMILES string of the molecule is NCCc1cn(-c2ccccc2I)nn1. The molecule has 0 fully saturated rings. The number of para-hydroxylation sites is 1. The van der Waals surface area contributed by atoms with Crippen LogP contribution in [0.15, 0.2) is 30.5 Å². The normalized spacial score (nSPS) is 10.5. The lowest BCUT2D eigenvalue weighted by atomic mass is 10.3. The third kappa shape index (κ3) is 2.35. The molecule has 2 aromatic rings. The molecule has 0 saturated carbocycles. The first-order chi connectivity index (χ1) is 7.31. The minimum Gasteiger partial charge on any atom is -0.330 e. The maximum Gasteiger partial charge on any atom is 0.0844 e. The fourth-order valence-corrected chi connectivity index (χ4v) is 1.95. The molecule has 2 rings (SSSR count). The van der Waals surface area contributed by atoms with Crippen LogP contribution in [0.25, 0.3) is 5.69 Å². The number of nitrogens with two attached hydrogens (primary N) is 1. The van der Waals surface area contributed by atoms with Crippen molar-refractivity contribution in [3.05, 3.63) is 39.7 Å². The lowest BCUT2D eigenvalue weighted by Crippen LogP contribution is -2.02. The number of benzene rings is 1. The van der Waals surface area contributed by atoms with Gasteiger partial charge >= 0.3 is 0 Å². The lowest BCUT2D eigenvalue weighted by molar-refractivity contribution is 0.792. The second kappa shape index (κ2) is 4.71. The first-order valence-corrected chi connectivity index (χ1v) is 5.75. The summed E-state index contributed by atoms with van der Waals surface area (Å²) in [7, 11) is 0. The summed E-state index contributed by atoms with van der Waals surface area (Å²) in [6.07, 6.45) is 2.69. The Kier molecular flexibility index (Phi) is 3.32. The molecule has 0 aliphatic heterocycles. The van der Waals surface area contributed by atoms with Crippen LogP contribution in [0, 0.1) is 3.57 Å². The van der Waals surface area contributed by atoms with E-state index in [2.05, 4.69) is 32.9 Å². The summed E-state index contributed by atoms with van der Waals surface area (Å²) in [5, 5.41) is 8.13. The van der Waals surface area contributed by atoms with Gasteiger partial charge in [0.1, 0.15) is 0 Å². The molecule has 0 saturated heterocycles. The smallest absolute Gasteiger partial charge is 0.0844 e. The van der Waals surface area contributed by atoms with Crippen LogP contribution in [-0.4, -0.2) is 21.5 Å². The van der Waals surface area contributed by atoms with Gasteiger partial charge in [0, 0.05) is 9.99 Å². The quantitative estimate of drug-likeness (QED) is 0.871. The molecular weight excluding hydrogens is 303 g/mol. The standard InChI is InChI=1S/C10H11IN4/c11-9-3-1-2-4-10(9)15-7-8(5-6-12)13-14-15/h1-4,7H,5-6,12H2. The van der Waals surface area contributed by atoms with E-state index < -0.39 is 0 Å². The van der Waals surface area contributed by atoms with Crippen molar-refractivity contribution in [3.8, 4) is 5.69 Å². The van der Waals surface area contributed by atoms with Crippen LogP contribution < -0.4 is 5.73 Å². The van der Waals surface area contributed by atoms with Gasteiger partial charge in [-0.3, -0.25) is 0 Å². The van der Waals surface area contributed by atoms with Crippen molar-refractivity contribution in [2.24, 2.45) is 5.73 Å². The van der Waals surface area contributed by atoms with E-state index in [4.69, 9.17) is 5.73 Å². The fourth-order valence-electron chi connectivity index (χ4n) is 1.32.